The molecule has 0 aromatic heterocycles. The molecule has 0 aliphatic carbocycles. The smallest absolute Gasteiger partial charge is 1.00 e. The summed E-state index contributed by atoms with van der Waals surface area (Å²) in [6.07, 6.45) is 24.8. The van der Waals surface area contributed by atoms with E-state index in [0.717, 1.165) is 5.92 Å². The van der Waals surface area contributed by atoms with Gasteiger partial charge in [0.05, 0.1) is 0 Å². The van der Waals surface area contributed by atoms with E-state index in [-0.39, 0.29) is 57.0 Å². The molecular formula is C21H44Br2Mg. The number of unbranched alkanes of at least 4 members (excludes halogenated alkanes) is 12. The van der Waals surface area contributed by atoms with Gasteiger partial charge in [-0.15, -0.1) is 0 Å². The van der Waals surface area contributed by atoms with Crippen LogP contribution in [0.1, 0.15) is 130 Å². The Morgan fingerprint density at radius 2 is 0.750 bits per heavy atom. The van der Waals surface area contributed by atoms with Crippen molar-refractivity contribution in [2.75, 3.05) is 0 Å². The van der Waals surface area contributed by atoms with E-state index in [0.29, 0.717) is 0 Å². The van der Waals surface area contributed by atoms with Crippen LogP contribution in [0.25, 0.3) is 0 Å². The first-order valence-electron chi connectivity index (χ1n) is 10.3. The molecule has 144 valence electrons. The van der Waals surface area contributed by atoms with E-state index in [1.165, 1.54) is 109 Å². The second-order valence-corrected chi connectivity index (χ2v) is 7.09. The molecule has 0 fully saturated rings. The Labute approximate surface area is 191 Å². The van der Waals surface area contributed by atoms with Gasteiger partial charge in [0, 0.05) is 0 Å². The Balaban J connectivity index is -0.000000667. The summed E-state index contributed by atoms with van der Waals surface area (Å²) in [5, 5.41) is 0. The van der Waals surface area contributed by atoms with Crippen molar-refractivity contribution in [1.29, 1.82) is 0 Å². The summed E-state index contributed by atoms with van der Waals surface area (Å²) in [6.45, 7) is 7.00. The van der Waals surface area contributed by atoms with Gasteiger partial charge in [0.2, 0.25) is 0 Å². The Bertz CT molecular complexity index is 189. The van der Waals surface area contributed by atoms with Crippen LogP contribution in [0.3, 0.4) is 0 Å². The molecule has 0 heterocycles. The Morgan fingerprint density at radius 3 is 1.04 bits per heavy atom. The van der Waals surface area contributed by atoms with Gasteiger partial charge in [-0.25, -0.2) is 0 Å². The van der Waals surface area contributed by atoms with Crippen LogP contribution in [0.2, 0.25) is 0 Å². The van der Waals surface area contributed by atoms with Gasteiger partial charge < -0.3 is 34.0 Å². The van der Waals surface area contributed by atoms with Crippen molar-refractivity contribution >= 4 is 23.1 Å². The van der Waals surface area contributed by atoms with Gasteiger partial charge >= 0.3 is 23.1 Å². The van der Waals surface area contributed by atoms with Gasteiger partial charge in [-0.2, -0.15) is 0 Å². The molecule has 0 rings (SSSR count). The molecule has 1 unspecified atom stereocenters. The largest absolute Gasteiger partial charge is 2.00 e. The predicted octanol–water partition coefficient (Wildman–Crippen LogP) is 1.92. The first-order chi connectivity index (χ1) is 10.3. The van der Waals surface area contributed by atoms with Crippen molar-refractivity contribution in [3.63, 3.8) is 0 Å². The van der Waals surface area contributed by atoms with Crippen LogP contribution in [0, 0.1) is 5.92 Å². The number of hydrogen-bond donors (Lipinski definition) is 0. The van der Waals surface area contributed by atoms with Crippen molar-refractivity contribution < 1.29 is 34.0 Å². The van der Waals surface area contributed by atoms with E-state index in [4.69, 9.17) is 0 Å². The maximum Gasteiger partial charge on any atom is 2.00 e. The van der Waals surface area contributed by atoms with Crippen molar-refractivity contribution in [2.24, 2.45) is 5.92 Å². The van der Waals surface area contributed by atoms with E-state index < -0.39 is 0 Å². The zero-order valence-electron chi connectivity index (χ0n) is 17.1. The third kappa shape index (κ3) is 26.0. The minimum absolute atomic E-state index is 0. The summed E-state index contributed by atoms with van der Waals surface area (Å²) in [5.74, 6) is 1.02. The molecule has 0 radical (unpaired) electrons. The Hall–Kier alpha value is 1.73. The molecule has 0 amide bonds. The molecule has 0 aliphatic rings. The molecule has 0 spiro atoms. The average molecular weight is 481 g/mol. The molecule has 0 aromatic carbocycles. The summed E-state index contributed by atoms with van der Waals surface area (Å²) in [7, 11) is 0. The van der Waals surface area contributed by atoms with Gasteiger partial charge in [-0.05, 0) is 5.92 Å². The molecule has 0 saturated heterocycles. The summed E-state index contributed by atoms with van der Waals surface area (Å²) in [4.78, 5) is 0. The fourth-order valence-corrected chi connectivity index (χ4v) is 3.33. The van der Waals surface area contributed by atoms with Crippen LogP contribution in [0.15, 0.2) is 0 Å². The van der Waals surface area contributed by atoms with Crippen LogP contribution in [-0.4, -0.2) is 23.1 Å². The quantitative estimate of drug-likeness (QED) is 0.220. The number of halogens is 2. The van der Waals surface area contributed by atoms with Crippen molar-refractivity contribution in [3.8, 4) is 0 Å². The van der Waals surface area contributed by atoms with E-state index in [2.05, 4.69) is 20.8 Å². The first-order valence-corrected chi connectivity index (χ1v) is 10.3. The van der Waals surface area contributed by atoms with Crippen LogP contribution >= 0.6 is 0 Å². The zero-order valence-corrected chi connectivity index (χ0v) is 21.6. The summed E-state index contributed by atoms with van der Waals surface area (Å²) < 4.78 is 0. The van der Waals surface area contributed by atoms with E-state index in [1.54, 1.807) is 0 Å². The third-order valence-electron chi connectivity index (χ3n) is 5.01. The van der Waals surface area contributed by atoms with Gasteiger partial charge in [0.15, 0.2) is 0 Å². The van der Waals surface area contributed by atoms with Crippen LogP contribution in [-0.2, 0) is 0 Å². The third-order valence-corrected chi connectivity index (χ3v) is 5.01. The van der Waals surface area contributed by atoms with Gasteiger partial charge in [-0.3, -0.25) is 0 Å². The van der Waals surface area contributed by atoms with E-state index in [1.807, 2.05) is 0 Å². The standard InChI is InChI=1S/C21H44.2BrH.Mg/c1-4-7-9-11-13-14-16-18-20-21(6-3)19-17-15-12-10-8-5-2;;;/h21H,4-20H2,1-3H3;2*1H;/q;;;+2/p-2. The van der Waals surface area contributed by atoms with Crippen LogP contribution in [0.5, 0.6) is 0 Å². The maximum atomic E-state index is 2.40. The maximum absolute atomic E-state index is 2.40. The predicted molar refractivity (Wildman–Crippen MR) is 105 cm³/mol. The van der Waals surface area contributed by atoms with E-state index >= 15 is 0 Å². The molecular weight excluding hydrogens is 436 g/mol. The summed E-state index contributed by atoms with van der Waals surface area (Å²) >= 11 is 0. The van der Waals surface area contributed by atoms with Crippen molar-refractivity contribution in [1.82, 2.24) is 0 Å². The van der Waals surface area contributed by atoms with Crippen LogP contribution < -0.4 is 34.0 Å². The fraction of sp³-hybridized carbons (Fsp3) is 1.00. The Morgan fingerprint density at radius 1 is 0.458 bits per heavy atom. The molecule has 3 heteroatoms. The molecule has 0 bridgehead atoms. The normalized spacial score (nSPS) is 11.1. The molecule has 0 N–H and O–H groups in total. The minimum atomic E-state index is 0. The average Bonchev–Trinajstić information content (AvgIpc) is 2.51. The molecule has 0 aromatic rings. The van der Waals surface area contributed by atoms with E-state index in [9.17, 15) is 0 Å². The molecule has 24 heavy (non-hydrogen) atoms. The summed E-state index contributed by atoms with van der Waals surface area (Å²) in [6, 6.07) is 0. The number of hydrogen-bond acceptors (Lipinski definition) is 0. The monoisotopic (exact) mass is 478 g/mol. The second kappa shape index (κ2) is 29.5. The molecule has 0 aliphatic heterocycles. The summed E-state index contributed by atoms with van der Waals surface area (Å²) in [5.41, 5.74) is 0. The number of rotatable bonds is 17. The SMILES string of the molecule is CCCCCCCCCCC(CC)CCCCCCCC.[Br-].[Br-].[Mg+2]. The molecule has 0 saturated carbocycles. The molecule has 1 atom stereocenters. The van der Waals surface area contributed by atoms with Crippen molar-refractivity contribution in [3.05, 3.63) is 0 Å². The van der Waals surface area contributed by atoms with Gasteiger partial charge in [0.25, 0.3) is 0 Å². The Kier molecular flexibility index (Phi) is 40.9. The second-order valence-electron chi connectivity index (χ2n) is 7.09. The van der Waals surface area contributed by atoms with Gasteiger partial charge in [0.1, 0.15) is 0 Å². The van der Waals surface area contributed by atoms with Crippen molar-refractivity contribution in [2.45, 2.75) is 130 Å². The van der Waals surface area contributed by atoms with Crippen LogP contribution in [0.4, 0.5) is 0 Å². The van der Waals surface area contributed by atoms with Gasteiger partial charge in [-0.1, -0.05) is 130 Å². The fourth-order valence-electron chi connectivity index (χ4n) is 3.33. The topological polar surface area (TPSA) is 0 Å². The minimum Gasteiger partial charge on any atom is -1.00 e. The zero-order chi connectivity index (χ0) is 15.6. The molecule has 0 nitrogen and oxygen atoms in total. The first kappa shape index (κ1) is 33.3.